The Balaban J connectivity index is 4.08. The van der Waals surface area contributed by atoms with E-state index in [2.05, 4.69) is 19.1 Å². The van der Waals surface area contributed by atoms with Crippen LogP contribution in [0.4, 0.5) is 0 Å². The smallest absolute Gasteiger partial charge is 0.303 e. The van der Waals surface area contributed by atoms with Crippen LogP contribution in [-0.4, -0.2) is 63.9 Å². The third-order valence-corrected chi connectivity index (χ3v) is 8.46. The van der Waals surface area contributed by atoms with Gasteiger partial charge >= 0.3 is 17.9 Å². The van der Waals surface area contributed by atoms with E-state index >= 15 is 0 Å². The predicted octanol–water partition coefficient (Wildman–Crippen LogP) is 9.39. The van der Waals surface area contributed by atoms with Crippen molar-refractivity contribution in [2.45, 2.75) is 167 Å². The lowest BCUT2D eigenvalue weighted by atomic mass is 10.0. The van der Waals surface area contributed by atoms with Gasteiger partial charge in [0.15, 0.2) is 0 Å². The van der Waals surface area contributed by atoms with E-state index in [-0.39, 0.29) is 19.3 Å². The number of hydrogen-bond acceptors (Lipinski definition) is 3. The van der Waals surface area contributed by atoms with E-state index in [4.69, 9.17) is 15.3 Å². The highest BCUT2D eigenvalue weighted by Crippen LogP contribution is 2.18. The first-order valence-electron chi connectivity index (χ1n) is 17.5. The van der Waals surface area contributed by atoms with E-state index in [1.165, 1.54) is 89.9 Å². The molecule has 42 heavy (non-hydrogen) atoms. The molecule has 0 saturated heterocycles. The molecule has 0 aliphatic carbocycles. The topological polar surface area (TPSA) is 112 Å². The third kappa shape index (κ3) is 28.2. The first-order valence-corrected chi connectivity index (χ1v) is 17.5. The second kappa shape index (κ2) is 29.2. The van der Waals surface area contributed by atoms with Crippen LogP contribution in [0.2, 0.25) is 0 Å². The van der Waals surface area contributed by atoms with Crippen molar-refractivity contribution >= 4 is 17.9 Å². The van der Waals surface area contributed by atoms with Crippen LogP contribution in [-0.2, 0) is 14.4 Å². The first-order chi connectivity index (χ1) is 20.3. The lowest BCUT2D eigenvalue weighted by Gasteiger charge is -2.39. The van der Waals surface area contributed by atoms with Gasteiger partial charge in [0.25, 0.3) is 0 Å². The molecule has 0 radical (unpaired) electrons. The zero-order chi connectivity index (χ0) is 31.2. The fourth-order valence-corrected chi connectivity index (χ4v) is 5.95. The van der Waals surface area contributed by atoms with Crippen LogP contribution in [0.5, 0.6) is 0 Å². The maximum absolute atomic E-state index is 11.1. The van der Waals surface area contributed by atoms with Crippen LogP contribution >= 0.6 is 0 Å². The minimum Gasteiger partial charge on any atom is -0.481 e. The molecule has 0 fully saturated rings. The van der Waals surface area contributed by atoms with Crippen LogP contribution in [0, 0.1) is 0 Å². The highest BCUT2D eigenvalue weighted by molar-refractivity contribution is 5.67. The molecule has 246 valence electrons. The van der Waals surface area contributed by atoms with E-state index in [1.807, 2.05) is 0 Å². The van der Waals surface area contributed by atoms with Crippen LogP contribution in [0.15, 0.2) is 12.2 Å². The molecule has 0 unspecified atom stereocenters. The summed E-state index contributed by atoms with van der Waals surface area (Å²) in [7, 11) is 0. The van der Waals surface area contributed by atoms with Gasteiger partial charge in [-0.15, -0.1) is 0 Å². The number of aliphatic carboxylic acids is 3. The van der Waals surface area contributed by atoms with Gasteiger partial charge in [-0.1, -0.05) is 103 Å². The molecular weight excluding hydrogens is 530 g/mol. The molecule has 3 N–H and O–H groups in total. The van der Waals surface area contributed by atoms with E-state index < -0.39 is 17.9 Å². The Morgan fingerprint density at radius 1 is 0.429 bits per heavy atom. The van der Waals surface area contributed by atoms with Crippen LogP contribution in [0.1, 0.15) is 167 Å². The Kier molecular flexibility index (Phi) is 27.9. The number of carboxylic acid groups (broad SMARTS) is 3. The van der Waals surface area contributed by atoms with Crippen molar-refractivity contribution in [1.82, 2.24) is 0 Å². The average molecular weight is 597 g/mol. The summed E-state index contributed by atoms with van der Waals surface area (Å²) < 4.78 is 0.628. The van der Waals surface area contributed by atoms with Gasteiger partial charge in [-0.25, -0.2) is 0 Å². The number of quaternary nitrogens is 1. The number of hydrogen-bond donors (Lipinski definition) is 3. The lowest BCUT2D eigenvalue weighted by molar-refractivity contribution is -0.929. The Morgan fingerprint density at radius 2 is 0.714 bits per heavy atom. The summed E-state index contributed by atoms with van der Waals surface area (Å²) in [4.78, 5) is 33.2. The van der Waals surface area contributed by atoms with Crippen molar-refractivity contribution in [2.24, 2.45) is 0 Å². The van der Waals surface area contributed by atoms with E-state index in [0.29, 0.717) is 43.4 Å². The Hall–Kier alpha value is -1.89. The minimum absolute atomic E-state index is 0.0853. The molecule has 7 heteroatoms. The van der Waals surface area contributed by atoms with Crippen molar-refractivity contribution in [1.29, 1.82) is 0 Å². The molecule has 0 heterocycles. The van der Waals surface area contributed by atoms with E-state index in [9.17, 15) is 14.4 Å². The number of carboxylic acids is 3. The maximum atomic E-state index is 11.1. The van der Waals surface area contributed by atoms with Gasteiger partial charge in [-0.3, -0.25) is 14.4 Å². The summed E-state index contributed by atoms with van der Waals surface area (Å²) in [6.07, 6.45) is 31.2. The van der Waals surface area contributed by atoms with Crippen LogP contribution < -0.4 is 0 Å². The van der Waals surface area contributed by atoms with Crippen molar-refractivity contribution < 1.29 is 34.2 Å². The van der Waals surface area contributed by atoms with Gasteiger partial charge in [0, 0.05) is 19.3 Å². The predicted molar refractivity (Wildman–Crippen MR) is 173 cm³/mol. The second-order valence-electron chi connectivity index (χ2n) is 12.4. The lowest BCUT2D eigenvalue weighted by Crippen LogP contribution is -2.51. The molecule has 0 aromatic heterocycles. The van der Waals surface area contributed by atoms with Crippen molar-refractivity contribution in [2.75, 3.05) is 26.2 Å². The SMILES string of the molecule is CCCCCCCCCCCCCCCC/C=C/CCCCC[N+](CCCC(=O)O)(CCCC(=O)O)CCCC(=O)O. The molecule has 0 amide bonds. The van der Waals surface area contributed by atoms with Gasteiger partial charge in [0.05, 0.1) is 45.4 Å². The highest BCUT2D eigenvalue weighted by Gasteiger charge is 2.27. The van der Waals surface area contributed by atoms with Gasteiger partial charge < -0.3 is 19.8 Å². The zero-order valence-corrected chi connectivity index (χ0v) is 27.2. The summed E-state index contributed by atoms with van der Waals surface area (Å²) in [5.74, 6) is -2.49. The average Bonchev–Trinajstić information content (AvgIpc) is 2.93. The van der Waals surface area contributed by atoms with E-state index in [0.717, 1.165) is 38.6 Å². The summed E-state index contributed by atoms with van der Waals surface area (Å²) in [6, 6.07) is 0. The molecule has 0 aliphatic rings. The third-order valence-electron chi connectivity index (χ3n) is 8.46. The number of allylic oxidation sites excluding steroid dienone is 2. The van der Waals surface area contributed by atoms with Crippen molar-refractivity contribution in [3.63, 3.8) is 0 Å². The summed E-state index contributed by atoms with van der Waals surface area (Å²) >= 11 is 0. The van der Waals surface area contributed by atoms with Crippen LogP contribution in [0.3, 0.4) is 0 Å². The Bertz CT molecular complexity index is 643. The minimum atomic E-state index is -0.829. The molecule has 0 aliphatic heterocycles. The maximum Gasteiger partial charge on any atom is 0.303 e. The Labute approximate surface area is 257 Å². The largest absolute Gasteiger partial charge is 0.481 e. The van der Waals surface area contributed by atoms with E-state index in [1.54, 1.807) is 0 Å². The molecule has 0 aromatic rings. The first kappa shape index (κ1) is 40.1. The van der Waals surface area contributed by atoms with Gasteiger partial charge in [-0.2, -0.15) is 0 Å². The number of carbonyl (C=O) groups is 3. The summed E-state index contributed by atoms with van der Waals surface area (Å²) in [6.45, 7) is 5.10. The molecule has 0 atom stereocenters. The number of nitrogens with zero attached hydrogens (tertiary/aromatic N) is 1. The standard InChI is InChI=1S/C35H65NO6/c1-2-3-4-5-6-7-8-9-10-11-12-13-14-15-16-17-18-19-20-21-22-29-36(30-23-26-33(37)38,31-24-27-34(39)40)32-25-28-35(41)42/h17-18H,2-16,19-32H2,1H3,(H2-,37,38,39,40,41,42)/p+1/b18-17+. The van der Waals surface area contributed by atoms with Crippen molar-refractivity contribution in [3.05, 3.63) is 12.2 Å². The summed E-state index contributed by atoms with van der Waals surface area (Å²) in [5, 5.41) is 27.3. The fraction of sp³-hybridized carbons (Fsp3) is 0.857. The monoisotopic (exact) mass is 596 g/mol. The van der Waals surface area contributed by atoms with Gasteiger partial charge in [-0.05, 0) is 38.5 Å². The number of rotatable bonds is 33. The number of unbranched alkanes of at least 4 members (excludes halogenated alkanes) is 17. The molecule has 0 spiro atoms. The zero-order valence-electron chi connectivity index (χ0n) is 27.2. The second-order valence-corrected chi connectivity index (χ2v) is 12.4. The van der Waals surface area contributed by atoms with Crippen molar-refractivity contribution in [3.8, 4) is 0 Å². The fourth-order valence-electron chi connectivity index (χ4n) is 5.95. The highest BCUT2D eigenvalue weighted by atomic mass is 16.4. The quantitative estimate of drug-likeness (QED) is 0.0395. The molecule has 0 aromatic carbocycles. The molecule has 7 nitrogen and oxygen atoms in total. The summed E-state index contributed by atoms with van der Waals surface area (Å²) in [5.41, 5.74) is 0. The van der Waals surface area contributed by atoms with Crippen LogP contribution in [0.25, 0.3) is 0 Å². The Morgan fingerprint density at radius 3 is 1.05 bits per heavy atom. The van der Waals surface area contributed by atoms with Gasteiger partial charge in [0.2, 0.25) is 0 Å². The molecule has 0 saturated carbocycles. The van der Waals surface area contributed by atoms with Gasteiger partial charge in [0.1, 0.15) is 0 Å². The molecular formula is C35H66NO6+. The molecule has 0 rings (SSSR count). The molecule has 0 bridgehead atoms. The normalized spacial score (nSPS) is 11.8.